The number of carbonyl (C=O) groups is 3. The smallest absolute Gasteiger partial charge is 0.408 e. The summed E-state index contributed by atoms with van der Waals surface area (Å²) >= 11 is 0. The maximum atomic E-state index is 12.3. The largest absolute Gasteiger partial charge is 0.464 e. The number of nitrogens with one attached hydrogen (secondary N) is 1. The summed E-state index contributed by atoms with van der Waals surface area (Å²) in [4.78, 5) is 35.7. The zero-order chi connectivity index (χ0) is 20.9. The van der Waals surface area contributed by atoms with Crippen molar-refractivity contribution in [3.63, 3.8) is 0 Å². The Bertz CT molecular complexity index is 617. The van der Waals surface area contributed by atoms with Crippen LogP contribution in [-0.4, -0.2) is 36.8 Å². The number of esters is 2. The van der Waals surface area contributed by atoms with Crippen molar-refractivity contribution in [2.24, 2.45) is 5.92 Å². The summed E-state index contributed by atoms with van der Waals surface area (Å²) in [5, 5.41) is 2.55. The Morgan fingerprint density at radius 2 is 1.71 bits per heavy atom. The first-order valence-corrected chi connectivity index (χ1v) is 9.66. The number of hydrogen-bond donors (Lipinski definition) is 1. The molecule has 28 heavy (non-hydrogen) atoms. The molecule has 1 amide bonds. The van der Waals surface area contributed by atoms with Gasteiger partial charge in [-0.15, -0.1) is 0 Å². The second-order valence-electron chi connectivity index (χ2n) is 6.93. The van der Waals surface area contributed by atoms with Gasteiger partial charge in [-0.2, -0.15) is 0 Å². The van der Waals surface area contributed by atoms with Gasteiger partial charge in [0.25, 0.3) is 0 Å². The molecule has 0 aliphatic rings. The van der Waals surface area contributed by atoms with E-state index in [2.05, 4.69) is 5.32 Å². The molecular formula is C21H31NO6. The van der Waals surface area contributed by atoms with E-state index >= 15 is 0 Å². The highest BCUT2D eigenvalue weighted by molar-refractivity contribution is 5.81. The maximum absolute atomic E-state index is 12.3. The molecule has 0 aliphatic carbocycles. The Morgan fingerprint density at radius 1 is 1.04 bits per heavy atom. The SMILES string of the molecule is CCCC(=O)OC(C)CCOC(=O)[C@@H](NC(=O)OCc1ccccc1)C(C)C. The molecule has 0 spiro atoms. The predicted octanol–water partition coefficient (Wildman–Crippen LogP) is 3.60. The molecule has 0 radical (unpaired) electrons. The van der Waals surface area contributed by atoms with Gasteiger partial charge in [0.2, 0.25) is 0 Å². The minimum absolute atomic E-state index is 0.101. The highest BCUT2D eigenvalue weighted by atomic mass is 16.6. The highest BCUT2D eigenvalue weighted by Crippen LogP contribution is 2.08. The first kappa shape index (κ1) is 23.5. The lowest BCUT2D eigenvalue weighted by Gasteiger charge is -2.21. The van der Waals surface area contributed by atoms with Crippen molar-refractivity contribution < 1.29 is 28.6 Å². The van der Waals surface area contributed by atoms with Crippen LogP contribution in [0.25, 0.3) is 0 Å². The molecule has 1 aromatic rings. The Labute approximate surface area is 166 Å². The van der Waals surface area contributed by atoms with E-state index in [0.29, 0.717) is 12.8 Å². The van der Waals surface area contributed by atoms with Gasteiger partial charge in [-0.05, 0) is 24.8 Å². The molecular weight excluding hydrogens is 362 g/mol. The van der Waals surface area contributed by atoms with E-state index in [0.717, 1.165) is 12.0 Å². The summed E-state index contributed by atoms with van der Waals surface area (Å²) in [6.45, 7) is 7.48. The Morgan fingerprint density at radius 3 is 2.32 bits per heavy atom. The van der Waals surface area contributed by atoms with E-state index in [-0.39, 0.29) is 31.2 Å². The van der Waals surface area contributed by atoms with Crippen LogP contribution in [0.15, 0.2) is 30.3 Å². The number of amides is 1. The molecule has 0 saturated heterocycles. The first-order chi connectivity index (χ1) is 13.3. The average Bonchev–Trinajstić information content (AvgIpc) is 2.65. The van der Waals surface area contributed by atoms with E-state index in [1.807, 2.05) is 37.3 Å². The molecule has 0 fully saturated rings. The van der Waals surface area contributed by atoms with Gasteiger partial charge in [-0.1, -0.05) is 51.1 Å². The van der Waals surface area contributed by atoms with E-state index in [4.69, 9.17) is 14.2 Å². The van der Waals surface area contributed by atoms with Crippen molar-refractivity contribution in [3.05, 3.63) is 35.9 Å². The van der Waals surface area contributed by atoms with Crippen LogP contribution in [-0.2, 0) is 30.4 Å². The zero-order valence-corrected chi connectivity index (χ0v) is 17.1. The van der Waals surface area contributed by atoms with E-state index in [1.54, 1.807) is 20.8 Å². The van der Waals surface area contributed by atoms with E-state index in [1.165, 1.54) is 0 Å². The second kappa shape index (κ2) is 12.8. The van der Waals surface area contributed by atoms with Crippen LogP contribution in [0.2, 0.25) is 0 Å². The van der Waals surface area contributed by atoms with Crippen molar-refractivity contribution in [1.29, 1.82) is 0 Å². The van der Waals surface area contributed by atoms with Gasteiger partial charge in [0.05, 0.1) is 6.61 Å². The normalized spacial score (nSPS) is 12.8. The Balaban J connectivity index is 2.39. The molecule has 1 unspecified atom stereocenters. The number of hydrogen-bond acceptors (Lipinski definition) is 6. The van der Waals surface area contributed by atoms with Crippen molar-refractivity contribution in [2.75, 3.05) is 6.61 Å². The van der Waals surface area contributed by atoms with Crippen LogP contribution in [0, 0.1) is 5.92 Å². The lowest BCUT2D eigenvalue weighted by atomic mass is 10.1. The Kier molecular flexibility index (Phi) is 10.7. The van der Waals surface area contributed by atoms with Crippen molar-refractivity contribution in [2.45, 2.75) is 65.7 Å². The van der Waals surface area contributed by atoms with Crippen LogP contribution >= 0.6 is 0 Å². The maximum Gasteiger partial charge on any atom is 0.408 e. The van der Waals surface area contributed by atoms with Crippen molar-refractivity contribution in [1.82, 2.24) is 5.32 Å². The molecule has 1 aromatic carbocycles. The fraction of sp³-hybridized carbons (Fsp3) is 0.571. The number of ether oxygens (including phenoxy) is 3. The lowest BCUT2D eigenvalue weighted by molar-refractivity contribution is -0.151. The zero-order valence-electron chi connectivity index (χ0n) is 17.1. The van der Waals surface area contributed by atoms with Crippen LogP contribution in [0.3, 0.4) is 0 Å². The molecule has 0 aliphatic heterocycles. The fourth-order valence-electron chi connectivity index (χ4n) is 2.35. The van der Waals surface area contributed by atoms with Gasteiger partial charge in [-0.25, -0.2) is 9.59 Å². The molecule has 2 atom stereocenters. The summed E-state index contributed by atoms with van der Waals surface area (Å²) in [6.07, 6.45) is 0.469. The minimum atomic E-state index is -0.818. The Hall–Kier alpha value is -2.57. The lowest BCUT2D eigenvalue weighted by Crippen LogP contribution is -2.45. The first-order valence-electron chi connectivity index (χ1n) is 9.66. The third-order valence-electron chi connectivity index (χ3n) is 3.96. The molecule has 0 saturated carbocycles. The minimum Gasteiger partial charge on any atom is -0.464 e. The van der Waals surface area contributed by atoms with E-state index in [9.17, 15) is 14.4 Å². The van der Waals surface area contributed by atoms with Crippen LogP contribution < -0.4 is 5.32 Å². The summed E-state index contributed by atoms with van der Waals surface area (Å²) in [5.41, 5.74) is 0.855. The molecule has 156 valence electrons. The summed E-state index contributed by atoms with van der Waals surface area (Å²) in [5.74, 6) is -0.973. The molecule has 0 heterocycles. The summed E-state index contributed by atoms with van der Waals surface area (Å²) in [7, 11) is 0. The van der Waals surface area contributed by atoms with Crippen LogP contribution in [0.5, 0.6) is 0 Å². The molecule has 0 bridgehead atoms. The van der Waals surface area contributed by atoms with Crippen LogP contribution in [0.1, 0.15) is 52.5 Å². The van der Waals surface area contributed by atoms with Gasteiger partial charge in [0.1, 0.15) is 18.8 Å². The topological polar surface area (TPSA) is 90.9 Å². The fourth-order valence-corrected chi connectivity index (χ4v) is 2.35. The number of carbonyl (C=O) groups excluding carboxylic acids is 3. The van der Waals surface area contributed by atoms with Gasteiger partial charge in [-0.3, -0.25) is 4.79 Å². The molecule has 0 aromatic heterocycles. The highest BCUT2D eigenvalue weighted by Gasteiger charge is 2.26. The summed E-state index contributed by atoms with van der Waals surface area (Å²) < 4.78 is 15.6. The molecule has 7 nitrogen and oxygen atoms in total. The van der Waals surface area contributed by atoms with Crippen LogP contribution in [0.4, 0.5) is 4.79 Å². The average molecular weight is 393 g/mol. The molecule has 1 rings (SSSR count). The van der Waals surface area contributed by atoms with E-state index < -0.39 is 18.1 Å². The van der Waals surface area contributed by atoms with Gasteiger partial charge >= 0.3 is 18.0 Å². The second-order valence-corrected chi connectivity index (χ2v) is 6.93. The summed E-state index contributed by atoms with van der Waals surface area (Å²) in [6, 6.07) is 8.45. The van der Waals surface area contributed by atoms with Crippen molar-refractivity contribution >= 4 is 18.0 Å². The van der Waals surface area contributed by atoms with Crippen molar-refractivity contribution in [3.8, 4) is 0 Å². The predicted molar refractivity (Wildman–Crippen MR) is 104 cm³/mol. The monoisotopic (exact) mass is 393 g/mol. The third-order valence-corrected chi connectivity index (χ3v) is 3.96. The van der Waals surface area contributed by atoms with Gasteiger partial charge in [0.15, 0.2) is 0 Å². The quantitative estimate of drug-likeness (QED) is 0.456. The number of benzene rings is 1. The number of alkyl carbamates (subject to hydrolysis) is 1. The van der Waals surface area contributed by atoms with Gasteiger partial charge < -0.3 is 19.5 Å². The standard InChI is InChI=1S/C21H31NO6/c1-5-9-18(23)28-16(4)12-13-26-20(24)19(15(2)3)22-21(25)27-14-17-10-7-6-8-11-17/h6-8,10-11,15-16,19H,5,9,12-14H2,1-4H3,(H,22,25)/t16?,19-/m0/s1. The molecule has 7 heteroatoms. The molecule has 1 N–H and O–H groups in total. The van der Waals surface area contributed by atoms with Gasteiger partial charge in [0, 0.05) is 12.8 Å². The number of rotatable bonds is 11. The third kappa shape index (κ3) is 9.39.